The number of aliphatic hydroxyl groups excluding tert-OH is 1. The molecule has 1 heterocycles. The molecule has 1 saturated carbocycles. The maximum Gasteiger partial charge on any atom is 0.140 e. The summed E-state index contributed by atoms with van der Waals surface area (Å²) in [6.45, 7) is 0. The van der Waals surface area contributed by atoms with Crippen LogP contribution in [-0.2, 0) is 5.60 Å². The highest BCUT2D eigenvalue weighted by Crippen LogP contribution is 2.42. The van der Waals surface area contributed by atoms with Crippen LogP contribution in [0.1, 0.15) is 50.6 Å². The molecule has 2 N–H and O–H groups in total. The molecular weight excluding hydrogens is 270 g/mol. The summed E-state index contributed by atoms with van der Waals surface area (Å²) in [6, 6.07) is 7.91. The molecule has 0 amide bonds. The Morgan fingerprint density at radius 1 is 1.05 bits per heavy atom. The van der Waals surface area contributed by atoms with Crippen molar-refractivity contribution in [2.45, 2.75) is 50.5 Å². The Balaban J connectivity index is 2.02. The topological polar surface area (TPSA) is 53.4 Å². The Hall–Kier alpha value is -0.970. The molecule has 1 atom stereocenters. The van der Waals surface area contributed by atoms with Gasteiger partial charge >= 0.3 is 0 Å². The van der Waals surface area contributed by atoms with Crippen LogP contribution < -0.4 is 0 Å². The molecule has 3 nitrogen and oxygen atoms in total. The lowest BCUT2D eigenvalue weighted by molar-refractivity contribution is -0.0278. The Kier molecular flexibility index (Phi) is 4.06. The molecule has 1 aliphatic rings. The lowest BCUT2D eigenvalue weighted by Gasteiger charge is -2.30. The van der Waals surface area contributed by atoms with E-state index in [1.54, 1.807) is 0 Å². The summed E-state index contributed by atoms with van der Waals surface area (Å²) in [6.07, 6.45) is 6.60. The molecule has 4 heteroatoms. The third kappa shape index (κ3) is 2.48. The van der Waals surface area contributed by atoms with Gasteiger partial charge in [0.05, 0.1) is 10.4 Å². The van der Waals surface area contributed by atoms with Gasteiger partial charge in [0.1, 0.15) is 11.7 Å². The molecule has 0 unspecified atom stereocenters. The second kappa shape index (κ2) is 5.80. The molecule has 1 aromatic carbocycles. The van der Waals surface area contributed by atoms with Gasteiger partial charge < -0.3 is 10.2 Å². The van der Waals surface area contributed by atoms with Crippen LogP contribution in [0.15, 0.2) is 24.3 Å². The van der Waals surface area contributed by atoms with E-state index in [1.807, 2.05) is 24.3 Å². The number of nitrogens with zero attached hydrogens (tertiary/aromatic N) is 1. The fourth-order valence-corrected chi connectivity index (χ4v) is 3.84. The van der Waals surface area contributed by atoms with E-state index >= 15 is 0 Å². The average molecular weight is 290 g/mol. The molecule has 1 radical (unpaired) electrons. The van der Waals surface area contributed by atoms with Gasteiger partial charge in [-0.3, -0.25) is 0 Å². The summed E-state index contributed by atoms with van der Waals surface area (Å²) in [5, 5.41) is 22.5. The fourth-order valence-electron chi connectivity index (χ4n) is 2.99. The number of aliphatic hydroxyl groups is 2. The van der Waals surface area contributed by atoms with Crippen LogP contribution in [0.5, 0.6) is 0 Å². The van der Waals surface area contributed by atoms with Crippen LogP contribution in [0.3, 0.4) is 0 Å². The van der Waals surface area contributed by atoms with Crippen LogP contribution in [0.2, 0.25) is 0 Å². The molecule has 0 aliphatic heterocycles. The number of rotatable bonds is 1. The van der Waals surface area contributed by atoms with Crippen molar-refractivity contribution in [1.82, 2.24) is 4.37 Å². The van der Waals surface area contributed by atoms with Crippen LogP contribution in [-0.4, -0.2) is 14.6 Å². The van der Waals surface area contributed by atoms with E-state index < -0.39 is 5.60 Å². The van der Waals surface area contributed by atoms with Gasteiger partial charge in [0.15, 0.2) is 0 Å². The number of fused-ring (bicyclic) bond motifs is 1. The molecule has 0 bridgehead atoms. The van der Waals surface area contributed by atoms with E-state index in [0.29, 0.717) is 18.5 Å². The third-order valence-electron chi connectivity index (χ3n) is 4.20. The maximum atomic E-state index is 11.1. The highest BCUT2D eigenvalue weighted by atomic mass is 32.1. The summed E-state index contributed by atoms with van der Waals surface area (Å²) in [4.78, 5) is 0. The number of hydrogen-bond donors (Lipinski definition) is 2. The smallest absolute Gasteiger partial charge is 0.140 e. The summed E-state index contributed by atoms with van der Waals surface area (Å²) in [5.74, 6) is 0. The van der Waals surface area contributed by atoms with E-state index in [2.05, 4.69) is 4.37 Å². The van der Waals surface area contributed by atoms with E-state index in [1.165, 1.54) is 18.0 Å². The first-order valence-corrected chi connectivity index (χ1v) is 8.12. The summed E-state index contributed by atoms with van der Waals surface area (Å²) < 4.78 is 5.51. The van der Waals surface area contributed by atoms with Gasteiger partial charge in [-0.2, -0.15) is 4.37 Å². The Morgan fingerprint density at radius 3 is 2.70 bits per heavy atom. The van der Waals surface area contributed by atoms with E-state index in [0.717, 1.165) is 35.8 Å². The van der Waals surface area contributed by atoms with E-state index in [9.17, 15) is 10.2 Å². The zero-order valence-corrected chi connectivity index (χ0v) is 12.3. The molecular formula is C16H20NO2S. The Morgan fingerprint density at radius 2 is 1.80 bits per heavy atom. The predicted octanol–water partition coefficient (Wildman–Crippen LogP) is 4.13. The van der Waals surface area contributed by atoms with Crippen molar-refractivity contribution in [3.63, 3.8) is 0 Å². The van der Waals surface area contributed by atoms with E-state index in [4.69, 9.17) is 0 Å². The summed E-state index contributed by atoms with van der Waals surface area (Å²) in [7, 11) is 0. The zero-order chi connectivity index (χ0) is 14.0. The Bertz CT molecular complexity index is 583. The Labute approximate surface area is 123 Å². The zero-order valence-electron chi connectivity index (χ0n) is 11.5. The van der Waals surface area contributed by atoms with Crippen molar-refractivity contribution in [2.75, 3.05) is 0 Å². The van der Waals surface area contributed by atoms with Crippen molar-refractivity contribution in [3.8, 4) is 0 Å². The average Bonchev–Trinajstić information content (AvgIpc) is 2.91. The molecule has 107 valence electrons. The van der Waals surface area contributed by atoms with Crippen molar-refractivity contribution >= 4 is 21.6 Å². The molecule has 20 heavy (non-hydrogen) atoms. The third-order valence-corrected chi connectivity index (χ3v) is 5.03. The van der Waals surface area contributed by atoms with Crippen molar-refractivity contribution < 1.29 is 10.2 Å². The second-order valence-electron chi connectivity index (χ2n) is 5.60. The van der Waals surface area contributed by atoms with Crippen LogP contribution in [0, 0.1) is 6.10 Å². The first kappa shape index (κ1) is 14.0. The van der Waals surface area contributed by atoms with Crippen molar-refractivity contribution in [3.05, 3.63) is 36.1 Å². The van der Waals surface area contributed by atoms with Gasteiger partial charge in [0, 0.05) is 5.39 Å². The molecule has 0 saturated heterocycles. The quantitative estimate of drug-likeness (QED) is 0.830. The number of hydrogen-bond acceptors (Lipinski definition) is 4. The second-order valence-corrected chi connectivity index (χ2v) is 6.41. The van der Waals surface area contributed by atoms with Gasteiger partial charge in [-0.1, -0.05) is 50.3 Å². The maximum absolute atomic E-state index is 11.1. The SMILES string of the molecule is O[C]1CCCCCCC[C@]1(O)c1nsc2ccccc12. The minimum atomic E-state index is -1.27. The lowest BCUT2D eigenvalue weighted by Crippen LogP contribution is -2.34. The largest absolute Gasteiger partial charge is 0.383 e. The molecule has 1 aliphatic carbocycles. The number of aromatic nitrogens is 1. The predicted molar refractivity (Wildman–Crippen MR) is 81.0 cm³/mol. The number of benzene rings is 1. The summed E-state index contributed by atoms with van der Waals surface area (Å²) in [5.41, 5.74) is -0.637. The van der Waals surface area contributed by atoms with Crippen molar-refractivity contribution in [1.29, 1.82) is 0 Å². The van der Waals surface area contributed by atoms with Gasteiger partial charge in [-0.25, -0.2) is 0 Å². The normalized spacial score (nSPS) is 26.1. The molecule has 2 aromatic rings. The van der Waals surface area contributed by atoms with Gasteiger partial charge in [0.2, 0.25) is 0 Å². The minimum absolute atomic E-state index is 0.190. The van der Waals surface area contributed by atoms with Gasteiger partial charge in [-0.05, 0) is 30.4 Å². The monoisotopic (exact) mass is 290 g/mol. The first-order valence-electron chi connectivity index (χ1n) is 7.34. The molecule has 0 spiro atoms. The van der Waals surface area contributed by atoms with Crippen molar-refractivity contribution in [2.24, 2.45) is 0 Å². The van der Waals surface area contributed by atoms with E-state index in [-0.39, 0.29) is 6.10 Å². The minimum Gasteiger partial charge on any atom is -0.383 e. The molecule has 1 aromatic heterocycles. The lowest BCUT2D eigenvalue weighted by atomic mass is 9.84. The summed E-state index contributed by atoms with van der Waals surface area (Å²) >= 11 is 1.39. The fraction of sp³-hybridized carbons (Fsp3) is 0.500. The highest BCUT2D eigenvalue weighted by Gasteiger charge is 2.41. The van der Waals surface area contributed by atoms with Crippen LogP contribution >= 0.6 is 11.5 Å². The standard InChI is InChI=1S/C16H20NO2S/c18-14-10-4-2-1-3-7-11-16(14,19)15-12-8-5-6-9-13(12)20-17-15/h5-6,8-9,18-19H,1-4,7,10-11H2/t16-/m1/s1. The van der Waals surface area contributed by atoms with Gasteiger partial charge in [0.25, 0.3) is 0 Å². The van der Waals surface area contributed by atoms with Gasteiger partial charge in [-0.15, -0.1) is 0 Å². The van der Waals surface area contributed by atoms with Crippen LogP contribution in [0.25, 0.3) is 10.1 Å². The molecule has 3 rings (SSSR count). The highest BCUT2D eigenvalue weighted by molar-refractivity contribution is 7.13. The van der Waals surface area contributed by atoms with Crippen LogP contribution in [0.4, 0.5) is 0 Å². The molecule has 1 fully saturated rings. The first-order chi connectivity index (χ1) is 9.72.